The van der Waals surface area contributed by atoms with E-state index in [4.69, 9.17) is 9.73 Å². The molecule has 35 heavy (non-hydrogen) atoms. The van der Waals surface area contributed by atoms with Crippen LogP contribution >= 0.6 is 11.3 Å². The molecule has 0 saturated heterocycles. The van der Waals surface area contributed by atoms with Crippen molar-refractivity contribution in [2.75, 3.05) is 11.9 Å². The third-order valence-corrected chi connectivity index (χ3v) is 6.09. The second-order valence-corrected chi connectivity index (χ2v) is 8.50. The van der Waals surface area contributed by atoms with E-state index in [1.807, 2.05) is 47.8 Å². The lowest BCUT2D eigenvalue weighted by atomic mass is 10.1. The minimum absolute atomic E-state index is 0.0103. The van der Waals surface area contributed by atoms with E-state index in [0.29, 0.717) is 28.3 Å². The van der Waals surface area contributed by atoms with E-state index in [0.717, 1.165) is 16.8 Å². The molecule has 174 valence electrons. The highest BCUT2D eigenvalue weighted by atomic mass is 32.1. The average molecular weight is 486 g/mol. The fourth-order valence-electron chi connectivity index (χ4n) is 3.55. The summed E-state index contributed by atoms with van der Waals surface area (Å²) in [5.74, 6) is 0.388. The molecular weight excluding hydrogens is 466 g/mol. The van der Waals surface area contributed by atoms with Gasteiger partial charge in [-0.15, -0.1) is 11.3 Å². The molecule has 1 N–H and O–H groups in total. The number of nitro benzene ring substituents is 1. The molecule has 1 aliphatic heterocycles. The first-order chi connectivity index (χ1) is 17.1. The molecule has 0 saturated carbocycles. The lowest BCUT2D eigenvalue weighted by Crippen LogP contribution is -2.25. The first kappa shape index (κ1) is 22.2. The van der Waals surface area contributed by atoms with Crippen LogP contribution < -0.4 is 14.9 Å². The number of nitrogens with one attached hydrogen (secondary N) is 1. The van der Waals surface area contributed by atoms with Crippen LogP contribution in [0.5, 0.6) is 5.75 Å². The number of amides is 1. The number of carbonyl (C=O) groups is 1. The Morgan fingerprint density at radius 3 is 2.80 bits per heavy atom. The number of non-ortho nitro benzene ring substituents is 1. The molecule has 1 aromatic heterocycles. The Morgan fingerprint density at radius 2 is 1.97 bits per heavy atom. The topological polar surface area (TPSA) is 111 Å². The van der Waals surface area contributed by atoms with Crippen LogP contribution in [0.15, 0.2) is 88.3 Å². The molecule has 0 unspecified atom stereocenters. The summed E-state index contributed by atoms with van der Waals surface area (Å²) in [5.41, 5.74) is 3.79. The second kappa shape index (κ2) is 9.74. The van der Waals surface area contributed by atoms with Gasteiger partial charge in [-0.2, -0.15) is 5.10 Å². The van der Waals surface area contributed by atoms with E-state index < -0.39 is 4.92 Å². The first-order valence-electron chi connectivity index (χ1n) is 10.7. The normalized spacial score (nSPS) is 13.4. The maximum atomic E-state index is 11.8. The van der Waals surface area contributed by atoms with Gasteiger partial charge in [0.15, 0.2) is 6.61 Å². The molecule has 0 bridgehead atoms. The van der Waals surface area contributed by atoms with Crippen LogP contribution in [-0.2, 0) is 11.3 Å². The smallest absolute Gasteiger partial charge is 0.270 e. The number of ether oxygens (including phenoxy) is 1. The van der Waals surface area contributed by atoms with Crippen molar-refractivity contribution in [3.05, 3.63) is 104 Å². The van der Waals surface area contributed by atoms with Crippen LogP contribution in [0.2, 0.25) is 0 Å². The van der Waals surface area contributed by atoms with Gasteiger partial charge in [0.2, 0.25) is 4.80 Å². The van der Waals surface area contributed by atoms with Gasteiger partial charge in [0.05, 0.1) is 29.1 Å². The van der Waals surface area contributed by atoms with Crippen molar-refractivity contribution in [1.82, 2.24) is 4.68 Å². The molecule has 2 heterocycles. The molecule has 0 fully saturated rings. The number of hydrogen-bond donors (Lipinski definition) is 1. The standard InChI is InChI=1S/C25H19N5O4S/c31-24-15-34-23-10-9-19(12-21(23)28-24)22-16-35-25(26-13-17-5-2-1-3-6-17)29(22)27-14-18-7-4-8-20(11-18)30(32)33/h1-12,14,16H,13,15H2,(H,28,31). The van der Waals surface area contributed by atoms with Crippen molar-refractivity contribution in [2.24, 2.45) is 10.1 Å². The Morgan fingerprint density at radius 1 is 1.11 bits per heavy atom. The van der Waals surface area contributed by atoms with E-state index in [2.05, 4.69) is 10.4 Å². The van der Waals surface area contributed by atoms with Crippen LogP contribution in [0, 0.1) is 10.1 Å². The summed E-state index contributed by atoms with van der Waals surface area (Å²) in [6.45, 7) is 0.460. The molecule has 1 aliphatic rings. The number of aromatic nitrogens is 1. The molecule has 3 aromatic carbocycles. The Labute approximate surface area is 203 Å². The Hall–Kier alpha value is -4.57. The molecule has 0 aliphatic carbocycles. The first-order valence-corrected chi connectivity index (χ1v) is 11.6. The molecule has 0 atom stereocenters. The zero-order chi connectivity index (χ0) is 24.2. The predicted octanol–water partition coefficient (Wildman–Crippen LogP) is 4.44. The SMILES string of the molecule is O=C1COc2ccc(-c3csc(=NCc4ccccc4)n3N=Cc3cccc([N+](=O)[O-])c3)cc2N1. The van der Waals surface area contributed by atoms with Crippen molar-refractivity contribution in [2.45, 2.75) is 6.54 Å². The average Bonchev–Trinajstić information content (AvgIpc) is 3.29. The fourth-order valence-corrected chi connectivity index (χ4v) is 4.38. The van der Waals surface area contributed by atoms with Gasteiger partial charge in [0.25, 0.3) is 11.6 Å². The summed E-state index contributed by atoms with van der Waals surface area (Å²) in [7, 11) is 0. The van der Waals surface area contributed by atoms with Gasteiger partial charge in [-0.05, 0) is 23.8 Å². The van der Waals surface area contributed by atoms with Gasteiger partial charge in [0.1, 0.15) is 5.75 Å². The molecule has 5 rings (SSSR count). The van der Waals surface area contributed by atoms with Gasteiger partial charge < -0.3 is 10.1 Å². The molecule has 10 heteroatoms. The van der Waals surface area contributed by atoms with Crippen LogP contribution in [0.4, 0.5) is 11.4 Å². The van der Waals surface area contributed by atoms with Crippen molar-refractivity contribution in [1.29, 1.82) is 0 Å². The van der Waals surface area contributed by atoms with Crippen LogP contribution in [0.25, 0.3) is 11.3 Å². The summed E-state index contributed by atoms with van der Waals surface area (Å²) in [5, 5.41) is 20.5. The molecule has 0 spiro atoms. The zero-order valence-corrected chi connectivity index (χ0v) is 19.1. The van der Waals surface area contributed by atoms with E-state index in [1.165, 1.54) is 23.5 Å². The Bertz CT molecular complexity index is 1510. The summed E-state index contributed by atoms with van der Waals surface area (Å²) in [4.78, 5) is 27.9. The highest BCUT2D eigenvalue weighted by Gasteiger charge is 2.18. The van der Waals surface area contributed by atoms with Gasteiger partial charge >= 0.3 is 0 Å². The van der Waals surface area contributed by atoms with Crippen LogP contribution in [-0.4, -0.2) is 28.3 Å². The number of thiazole rings is 1. The van der Waals surface area contributed by atoms with Crippen molar-refractivity contribution < 1.29 is 14.5 Å². The number of anilines is 1. The van der Waals surface area contributed by atoms with E-state index in [1.54, 1.807) is 29.1 Å². The maximum absolute atomic E-state index is 11.8. The highest BCUT2D eigenvalue weighted by molar-refractivity contribution is 7.07. The molecule has 0 radical (unpaired) electrons. The van der Waals surface area contributed by atoms with Crippen molar-refractivity contribution in [3.8, 4) is 17.0 Å². The van der Waals surface area contributed by atoms with Gasteiger partial charge in [0, 0.05) is 28.6 Å². The fraction of sp³-hybridized carbons (Fsp3) is 0.0800. The molecule has 1 amide bonds. The number of benzene rings is 3. The Balaban J connectivity index is 1.57. The third-order valence-electron chi connectivity index (χ3n) is 5.24. The number of carbonyl (C=O) groups excluding carboxylic acids is 1. The lowest BCUT2D eigenvalue weighted by molar-refractivity contribution is -0.384. The van der Waals surface area contributed by atoms with E-state index in [-0.39, 0.29) is 18.2 Å². The maximum Gasteiger partial charge on any atom is 0.270 e. The number of nitro groups is 1. The summed E-state index contributed by atoms with van der Waals surface area (Å²) >= 11 is 1.43. The number of hydrogen-bond acceptors (Lipinski definition) is 7. The number of rotatable bonds is 6. The minimum Gasteiger partial charge on any atom is -0.482 e. The predicted molar refractivity (Wildman–Crippen MR) is 134 cm³/mol. The largest absolute Gasteiger partial charge is 0.482 e. The van der Waals surface area contributed by atoms with E-state index >= 15 is 0 Å². The molecular formula is C25H19N5O4S. The number of fused-ring (bicyclic) bond motifs is 1. The molecule has 9 nitrogen and oxygen atoms in total. The Kier molecular flexibility index (Phi) is 6.18. The second-order valence-electron chi connectivity index (χ2n) is 7.66. The summed E-state index contributed by atoms with van der Waals surface area (Å²) in [6.07, 6.45) is 1.56. The van der Waals surface area contributed by atoms with Crippen LogP contribution in [0.1, 0.15) is 11.1 Å². The van der Waals surface area contributed by atoms with E-state index in [9.17, 15) is 14.9 Å². The lowest BCUT2D eigenvalue weighted by Gasteiger charge is -2.18. The van der Waals surface area contributed by atoms with Crippen LogP contribution in [0.3, 0.4) is 0 Å². The monoisotopic (exact) mass is 485 g/mol. The van der Waals surface area contributed by atoms with Crippen molar-refractivity contribution in [3.63, 3.8) is 0 Å². The quantitative estimate of drug-likeness (QED) is 0.247. The van der Waals surface area contributed by atoms with Gasteiger partial charge in [-0.1, -0.05) is 42.5 Å². The highest BCUT2D eigenvalue weighted by Crippen LogP contribution is 2.33. The summed E-state index contributed by atoms with van der Waals surface area (Å²) in [6, 6.07) is 21.7. The third kappa shape index (κ3) is 5.02. The number of nitrogens with zero attached hydrogens (tertiary/aromatic N) is 4. The summed E-state index contributed by atoms with van der Waals surface area (Å²) < 4.78 is 7.16. The molecule has 4 aromatic rings. The van der Waals surface area contributed by atoms with Gasteiger partial charge in [-0.3, -0.25) is 19.9 Å². The van der Waals surface area contributed by atoms with Crippen molar-refractivity contribution >= 4 is 34.8 Å². The minimum atomic E-state index is -0.440. The zero-order valence-electron chi connectivity index (χ0n) is 18.3. The van der Waals surface area contributed by atoms with Gasteiger partial charge in [-0.25, -0.2) is 4.68 Å².